The Morgan fingerprint density at radius 3 is 2.95 bits per heavy atom. The lowest BCUT2D eigenvalue weighted by atomic mass is 10.3. The highest BCUT2D eigenvalue weighted by molar-refractivity contribution is 7.84. The first-order valence-corrected chi connectivity index (χ1v) is 6.92. The van der Waals surface area contributed by atoms with Gasteiger partial charge in [-0.05, 0) is 13.8 Å². The Hall–Kier alpha value is -1.86. The summed E-state index contributed by atoms with van der Waals surface area (Å²) < 4.78 is 0. The van der Waals surface area contributed by atoms with E-state index < -0.39 is 0 Å². The van der Waals surface area contributed by atoms with Crippen LogP contribution in [0.3, 0.4) is 0 Å². The molecule has 0 radical (unpaired) electrons. The highest BCUT2D eigenvalue weighted by Gasteiger charge is 2.05. The van der Waals surface area contributed by atoms with Gasteiger partial charge in [-0.2, -0.15) is 5.48 Å². The molecule has 0 saturated carbocycles. The Kier molecular flexibility index (Phi) is 7.49. The molecule has 0 spiro atoms. The molecule has 1 rings (SSSR count). The van der Waals surface area contributed by atoms with Gasteiger partial charge in [-0.1, -0.05) is 0 Å². The first-order chi connectivity index (χ1) is 10.1. The van der Waals surface area contributed by atoms with E-state index in [1.165, 1.54) is 6.33 Å². The molecule has 0 aromatic carbocycles. The summed E-state index contributed by atoms with van der Waals surface area (Å²) in [4.78, 5) is 20.5. The maximum Gasteiger partial charge on any atom is 0.132 e. The van der Waals surface area contributed by atoms with E-state index in [1.54, 1.807) is 19.5 Å². The fraction of sp³-hybridized carbons (Fsp3) is 0.357. The van der Waals surface area contributed by atoms with Crippen molar-refractivity contribution in [2.24, 2.45) is 4.99 Å². The molecule has 1 aromatic heterocycles. The van der Waals surface area contributed by atoms with Crippen LogP contribution in [0, 0.1) is 0 Å². The number of nitrogens with zero attached hydrogens (tertiary/aromatic N) is 4. The molecule has 0 bridgehead atoms. The minimum absolute atomic E-state index is 0.618. The van der Waals surface area contributed by atoms with Crippen molar-refractivity contribution in [1.29, 1.82) is 0 Å². The summed E-state index contributed by atoms with van der Waals surface area (Å²) in [6.45, 7) is 4.33. The predicted molar refractivity (Wildman–Crippen MR) is 90.3 cm³/mol. The second-order valence-electron chi connectivity index (χ2n) is 4.25. The topological polar surface area (TPSA) is 62.6 Å². The molecule has 1 heterocycles. The van der Waals surface area contributed by atoms with Gasteiger partial charge in [0.05, 0.1) is 12.2 Å². The normalized spacial score (nSPS) is 12.8. The Bertz CT molecular complexity index is 542. The zero-order chi connectivity index (χ0) is 15.7. The van der Waals surface area contributed by atoms with Crippen LogP contribution in [0.2, 0.25) is 0 Å². The van der Waals surface area contributed by atoms with E-state index in [2.05, 4.69) is 33.1 Å². The van der Waals surface area contributed by atoms with Crippen molar-refractivity contribution in [2.45, 2.75) is 13.8 Å². The first-order valence-electron chi connectivity index (χ1n) is 6.47. The fourth-order valence-corrected chi connectivity index (χ4v) is 1.85. The first kappa shape index (κ1) is 17.2. The average molecular weight is 307 g/mol. The molecule has 0 fully saturated rings. The maximum atomic E-state index is 5.15. The standard InChI is InChI=1S/C14H21N5OS/c1-5-16-8-13(21)9-19(4)14-7-12(17-10-18-14)6-11(2)20-15-3/h5-8,10,15,21H,9H2,1-4H3/b11-6+,13-8-,16-5+. The summed E-state index contributed by atoms with van der Waals surface area (Å²) >= 11 is 4.38. The number of aromatic nitrogens is 2. The molecule has 0 unspecified atom stereocenters. The Morgan fingerprint density at radius 2 is 2.29 bits per heavy atom. The van der Waals surface area contributed by atoms with Crippen molar-refractivity contribution in [3.8, 4) is 0 Å². The van der Waals surface area contributed by atoms with Crippen LogP contribution in [0.4, 0.5) is 5.82 Å². The van der Waals surface area contributed by atoms with Crippen LogP contribution in [0.25, 0.3) is 6.08 Å². The summed E-state index contributed by atoms with van der Waals surface area (Å²) in [6, 6.07) is 1.88. The molecule has 0 aliphatic rings. The molecule has 0 saturated heterocycles. The predicted octanol–water partition coefficient (Wildman–Crippen LogP) is 2.29. The summed E-state index contributed by atoms with van der Waals surface area (Å²) in [6.07, 6.45) is 6.78. The minimum atomic E-state index is 0.618. The van der Waals surface area contributed by atoms with Gasteiger partial charge in [-0.25, -0.2) is 9.97 Å². The monoisotopic (exact) mass is 307 g/mol. The Balaban J connectivity index is 2.82. The lowest BCUT2D eigenvalue weighted by Crippen LogP contribution is -2.20. The quantitative estimate of drug-likeness (QED) is 0.350. The van der Waals surface area contributed by atoms with E-state index in [0.29, 0.717) is 6.54 Å². The number of nitrogens with one attached hydrogen (secondary N) is 1. The van der Waals surface area contributed by atoms with Gasteiger partial charge < -0.3 is 9.74 Å². The molecule has 0 atom stereocenters. The molecule has 1 aromatic rings. The van der Waals surface area contributed by atoms with Crippen molar-refractivity contribution in [3.63, 3.8) is 0 Å². The smallest absolute Gasteiger partial charge is 0.132 e. The third-order valence-electron chi connectivity index (χ3n) is 2.45. The van der Waals surface area contributed by atoms with Gasteiger partial charge in [0.15, 0.2) is 0 Å². The lowest BCUT2D eigenvalue weighted by Gasteiger charge is -2.17. The van der Waals surface area contributed by atoms with Gasteiger partial charge in [-0.15, -0.1) is 12.6 Å². The molecule has 114 valence electrons. The minimum Gasteiger partial charge on any atom is -0.414 e. The van der Waals surface area contributed by atoms with Gasteiger partial charge in [0, 0.05) is 43.6 Å². The summed E-state index contributed by atoms with van der Waals surface area (Å²) in [5, 5.41) is 0. The van der Waals surface area contributed by atoms with Crippen LogP contribution >= 0.6 is 12.6 Å². The number of hydrogen-bond donors (Lipinski definition) is 2. The van der Waals surface area contributed by atoms with Gasteiger partial charge in [-0.3, -0.25) is 4.99 Å². The maximum absolute atomic E-state index is 5.15. The van der Waals surface area contributed by atoms with E-state index in [0.717, 1.165) is 22.2 Å². The lowest BCUT2D eigenvalue weighted by molar-refractivity contribution is 0.131. The number of likely N-dealkylation sites (N-methyl/N-ethyl adjacent to an activating group) is 1. The highest BCUT2D eigenvalue weighted by Crippen LogP contribution is 2.14. The van der Waals surface area contributed by atoms with Gasteiger partial charge >= 0.3 is 0 Å². The van der Waals surface area contributed by atoms with Gasteiger partial charge in [0.25, 0.3) is 0 Å². The molecule has 0 aliphatic heterocycles. The third-order valence-corrected chi connectivity index (χ3v) is 2.71. The fourth-order valence-electron chi connectivity index (χ4n) is 1.57. The number of allylic oxidation sites excluding steroid dienone is 1. The Morgan fingerprint density at radius 1 is 1.52 bits per heavy atom. The van der Waals surface area contributed by atoms with Crippen LogP contribution in [-0.4, -0.2) is 36.8 Å². The second-order valence-corrected chi connectivity index (χ2v) is 4.82. The zero-order valence-electron chi connectivity index (χ0n) is 12.7. The van der Waals surface area contributed by atoms with E-state index in [1.807, 2.05) is 37.9 Å². The van der Waals surface area contributed by atoms with Crippen molar-refractivity contribution in [1.82, 2.24) is 15.4 Å². The number of aliphatic imine (C=N–C) groups is 1. The second kappa shape index (κ2) is 9.15. The van der Waals surface area contributed by atoms with Crippen molar-refractivity contribution in [3.05, 3.63) is 35.0 Å². The summed E-state index contributed by atoms with van der Waals surface area (Å²) in [7, 11) is 3.64. The summed E-state index contributed by atoms with van der Waals surface area (Å²) in [5.41, 5.74) is 3.39. The third kappa shape index (κ3) is 6.42. The molecule has 7 heteroatoms. The van der Waals surface area contributed by atoms with Gasteiger partial charge in [0.1, 0.15) is 17.9 Å². The van der Waals surface area contributed by atoms with Crippen molar-refractivity contribution < 1.29 is 4.84 Å². The average Bonchev–Trinajstić information content (AvgIpc) is 2.45. The van der Waals surface area contributed by atoms with Crippen LogP contribution in [0.1, 0.15) is 19.5 Å². The van der Waals surface area contributed by atoms with E-state index in [9.17, 15) is 0 Å². The molecule has 0 amide bonds. The van der Waals surface area contributed by atoms with Crippen molar-refractivity contribution >= 4 is 30.7 Å². The SMILES string of the molecule is C/C=N/C=C(\S)CN(C)c1cc(/C=C(\C)ONC)ncn1. The highest BCUT2D eigenvalue weighted by atomic mass is 32.1. The number of rotatable bonds is 7. The molecule has 21 heavy (non-hydrogen) atoms. The van der Waals surface area contributed by atoms with Crippen LogP contribution in [0.5, 0.6) is 0 Å². The number of anilines is 1. The molecule has 0 aliphatic carbocycles. The number of hydroxylamine groups is 1. The van der Waals surface area contributed by atoms with Crippen LogP contribution in [-0.2, 0) is 4.84 Å². The largest absolute Gasteiger partial charge is 0.414 e. The number of thiol groups is 1. The van der Waals surface area contributed by atoms with E-state index in [4.69, 9.17) is 4.84 Å². The van der Waals surface area contributed by atoms with Gasteiger partial charge in [0.2, 0.25) is 0 Å². The number of hydrogen-bond acceptors (Lipinski definition) is 7. The summed E-state index contributed by atoms with van der Waals surface area (Å²) in [5.74, 6) is 1.52. The Labute approximate surface area is 131 Å². The van der Waals surface area contributed by atoms with E-state index in [-0.39, 0.29) is 0 Å². The van der Waals surface area contributed by atoms with E-state index >= 15 is 0 Å². The zero-order valence-corrected chi connectivity index (χ0v) is 13.6. The molecular weight excluding hydrogens is 286 g/mol. The molecule has 1 N–H and O–H groups in total. The molecular formula is C14H21N5OS. The van der Waals surface area contributed by atoms with Crippen molar-refractivity contribution in [2.75, 3.05) is 25.5 Å². The van der Waals surface area contributed by atoms with Crippen LogP contribution in [0.15, 0.2) is 34.3 Å². The molecule has 6 nitrogen and oxygen atoms in total. The van der Waals surface area contributed by atoms with Crippen LogP contribution < -0.4 is 10.4 Å².